The number of nitrogen functional groups attached to an aromatic ring is 1. The topological polar surface area (TPSA) is 112 Å². The molecule has 1 atom stereocenters. The summed E-state index contributed by atoms with van der Waals surface area (Å²) in [7, 11) is 4.04. The monoisotopic (exact) mass is 672 g/mol. The van der Waals surface area contributed by atoms with Gasteiger partial charge in [0, 0.05) is 38.9 Å². The molecule has 9 nitrogen and oxygen atoms in total. The highest BCUT2D eigenvalue weighted by Crippen LogP contribution is 2.41. The summed E-state index contributed by atoms with van der Waals surface area (Å²) in [5.41, 5.74) is 8.92. The Hall–Kier alpha value is -5.65. The molecule has 7 aromatic rings. The lowest BCUT2D eigenvalue weighted by Gasteiger charge is -2.17. The first-order valence-corrected chi connectivity index (χ1v) is 16.5. The lowest BCUT2D eigenvalue weighted by Crippen LogP contribution is -2.14. The summed E-state index contributed by atoms with van der Waals surface area (Å²) in [5, 5.41) is 6.63. The van der Waals surface area contributed by atoms with Crippen LogP contribution in [0.2, 0.25) is 0 Å². The minimum Gasteiger partial charge on any atom is -0.489 e. The van der Waals surface area contributed by atoms with Crippen molar-refractivity contribution < 1.29 is 13.5 Å². The highest BCUT2D eigenvalue weighted by molar-refractivity contribution is 7.16. The molecule has 0 spiro atoms. The van der Waals surface area contributed by atoms with Crippen molar-refractivity contribution in [2.75, 3.05) is 26.4 Å². The van der Waals surface area contributed by atoms with Crippen molar-refractivity contribution in [3.63, 3.8) is 0 Å². The van der Waals surface area contributed by atoms with Gasteiger partial charge in [0.25, 0.3) is 0 Å². The molecule has 3 aromatic carbocycles. The Labute approximate surface area is 285 Å². The van der Waals surface area contributed by atoms with Gasteiger partial charge in [-0.1, -0.05) is 54.6 Å². The van der Waals surface area contributed by atoms with E-state index in [2.05, 4.69) is 33.1 Å². The molecule has 49 heavy (non-hydrogen) atoms. The SMILES string of the molecule is CC(c1oc(=O)c2ccccc2c1-c1ccc(C=CCN(C)C)s1)n1nc(-c2cc(F)cc(OCc3ccccc3)c2)c2c(N)ncnc21. The van der Waals surface area contributed by atoms with Crippen LogP contribution in [0.5, 0.6) is 5.75 Å². The molecule has 246 valence electrons. The summed E-state index contributed by atoms with van der Waals surface area (Å²) in [6.45, 7) is 2.96. The van der Waals surface area contributed by atoms with E-state index in [4.69, 9.17) is 20.0 Å². The number of thiophene rings is 1. The lowest BCUT2D eigenvalue weighted by molar-refractivity contribution is 0.305. The van der Waals surface area contributed by atoms with Crippen LogP contribution in [-0.2, 0) is 6.61 Å². The number of nitrogens with zero attached hydrogens (tertiary/aromatic N) is 5. The average Bonchev–Trinajstić information content (AvgIpc) is 3.73. The van der Waals surface area contributed by atoms with Gasteiger partial charge in [-0.2, -0.15) is 5.10 Å². The number of aromatic nitrogens is 4. The van der Waals surface area contributed by atoms with Crippen LogP contribution in [0.25, 0.3) is 49.6 Å². The molecule has 0 saturated heterocycles. The zero-order valence-electron chi connectivity index (χ0n) is 27.1. The minimum absolute atomic E-state index is 0.182. The third-order valence-electron chi connectivity index (χ3n) is 8.15. The number of hydrogen-bond acceptors (Lipinski definition) is 9. The number of halogens is 1. The van der Waals surface area contributed by atoms with Crippen LogP contribution in [0, 0.1) is 5.82 Å². The van der Waals surface area contributed by atoms with E-state index in [0.29, 0.717) is 39.2 Å². The van der Waals surface area contributed by atoms with Crippen LogP contribution in [0.1, 0.15) is 29.2 Å². The molecule has 4 aromatic heterocycles. The summed E-state index contributed by atoms with van der Waals surface area (Å²) >= 11 is 1.60. The van der Waals surface area contributed by atoms with Crippen LogP contribution in [0.15, 0.2) is 107 Å². The van der Waals surface area contributed by atoms with Gasteiger partial charge in [-0.15, -0.1) is 11.3 Å². The molecule has 0 fully saturated rings. The van der Waals surface area contributed by atoms with E-state index in [0.717, 1.165) is 32.8 Å². The molecule has 0 aliphatic rings. The van der Waals surface area contributed by atoms with Gasteiger partial charge in [0.05, 0.1) is 10.8 Å². The highest BCUT2D eigenvalue weighted by atomic mass is 32.1. The number of benzene rings is 3. The van der Waals surface area contributed by atoms with Crippen molar-refractivity contribution in [3.05, 3.63) is 130 Å². The van der Waals surface area contributed by atoms with Crippen LogP contribution in [-0.4, -0.2) is 45.3 Å². The maximum absolute atomic E-state index is 15.1. The Balaban J connectivity index is 1.35. The van der Waals surface area contributed by atoms with Gasteiger partial charge in [0.15, 0.2) is 5.65 Å². The molecule has 4 heterocycles. The Morgan fingerprint density at radius 3 is 2.59 bits per heavy atom. The van der Waals surface area contributed by atoms with Crippen LogP contribution < -0.4 is 16.1 Å². The molecule has 1 unspecified atom stereocenters. The first-order valence-electron chi connectivity index (χ1n) is 15.7. The van der Waals surface area contributed by atoms with Gasteiger partial charge in [-0.05, 0) is 63.0 Å². The predicted octanol–water partition coefficient (Wildman–Crippen LogP) is 7.81. The third-order valence-corrected chi connectivity index (χ3v) is 9.22. The summed E-state index contributed by atoms with van der Waals surface area (Å²) in [4.78, 5) is 26.3. The second kappa shape index (κ2) is 13.5. The minimum atomic E-state index is -0.630. The predicted molar refractivity (Wildman–Crippen MR) is 193 cm³/mol. The molecule has 0 aliphatic heterocycles. The van der Waals surface area contributed by atoms with E-state index in [-0.39, 0.29) is 12.4 Å². The molecule has 7 rings (SSSR count). The lowest BCUT2D eigenvalue weighted by atomic mass is 10.0. The van der Waals surface area contributed by atoms with Gasteiger partial charge in [0.2, 0.25) is 0 Å². The highest BCUT2D eigenvalue weighted by Gasteiger charge is 2.27. The van der Waals surface area contributed by atoms with Crippen molar-refractivity contribution in [2.24, 2.45) is 0 Å². The Morgan fingerprint density at radius 2 is 1.80 bits per heavy atom. The number of anilines is 1. The fourth-order valence-corrected chi connectivity index (χ4v) is 6.83. The number of nitrogens with two attached hydrogens (primary N) is 1. The third kappa shape index (κ3) is 6.46. The Bertz CT molecular complexity index is 2380. The molecular weight excluding hydrogens is 640 g/mol. The molecule has 0 aliphatic carbocycles. The standard InChI is InChI=1S/C38H33FN6O3S/c1-23(35-32(29-13-7-8-14-30(29)38(46)48-35)31-16-15-28(49-31)12-9-17-44(2)3)45-37-33(36(40)41-22-42-37)34(43-45)25-18-26(39)20-27(19-25)47-21-24-10-5-4-6-11-24/h4-16,18-20,22-23H,17,21H2,1-3H3,(H2,40,41,42). The van der Waals surface area contributed by atoms with Gasteiger partial charge >= 0.3 is 5.63 Å². The van der Waals surface area contributed by atoms with E-state index in [1.54, 1.807) is 28.2 Å². The molecular formula is C38H33FN6O3S. The quantitative estimate of drug-likeness (QED) is 0.157. The fraction of sp³-hybridized carbons (Fsp3) is 0.158. The molecule has 2 N–H and O–H groups in total. The first kappa shape index (κ1) is 31.9. The zero-order chi connectivity index (χ0) is 34.1. The number of ether oxygens (including phenoxy) is 1. The van der Waals surface area contributed by atoms with E-state index >= 15 is 4.39 Å². The first-order chi connectivity index (χ1) is 23.8. The van der Waals surface area contributed by atoms with Gasteiger partial charge in [-0.25, -0.2) is 23.8 Å². The van der Waals surface area contributed by atoms with Crippen molar-refractivity contribution in [2.45, 2.75) is 19.6 Å². The van der Waals surface area contributed by atoms with Crippen molar-refractivity contribution in [1.29, 1.82) is 0 Å². The average molecular weight is 673 g/mol. The summed E-state index contributed by atoms with van der Waals surface area (Å²) in [5.74, 6) is 0.430. The number of likely N-dealkylation sites (N-methyl/N-ethyl adjacent to an activating group) is 1. The number of hydrogen-bond donors (Lipinski definition) is 1. The molecule has 0 saturated carbocycles. The number of fused-ring (bicyclic) bond motifs is 2. The smallest absolute Gasteiger partial charge is 0.343 e. The van der Waals surface area contributed by atoms with Gasteiger partial charge < -0.3 is 19.8 Å². The van der Waals surface area contributed by atoms with Crippen LogP contribution in [0.4, 0.5) is 10.2 Å². The zero-order valence-corrected chi connectivity index (χ0v) is 27.9. The fourth-order valence-electron chi connectivity index (χ4n) is 5.82. The molecule has 0 bridgehead atoms. The normalized spacial score (nSPS) is 12.4. The van der Waals surface area contributed by atoms with Crippen molar-refractivity contribution in [3.8, 4) is 27.4 Å². The van der Waals surface area contributed by atoms with Gasteiger partial charge in [-0.3, -0.25) is 0 Å². The largest absolute Gasteiger partial charge is 0.489 e. The maximum Gasteiger partial charge on any atom is 0.343 e. The van der Waals surface area contributed by atoms with Gasteiger partial charge in [0.1, 0.15) is 47.8 Å². The summed E-state index contributed by atoms with van der Waals surface area (Å²) in [6, 6.07) is 24.9. The number of rotatable bonds is 10. The van der Waals surface area contributed by atoms with Crippen molar-refractivity contribution in [1.82, 2.24) is 24.6 Å². The van der Waals surface area contributed by atoms with Crippen molar-refractivity contribution >= 4 is 45.0 Å². The van der Waals surface area contributed by atoms with Crippen LogP contribution >= 0.6 is 11.3 Å². The Morgan fingerprint density at radius 1 is 1.02 bits per heavy atom. The maximum atomic E-state index is 15.1. The second-order valence-corrected chi connectivity index (χ2v) is 13.0. The molecule has 0 radical (unpaired) electrons. The molecule has 0 amide bonds. The van der Waals surface area contributed by atoms with E-state index in [9.17, 15) is 4.79 Å². The summed E-state index contributed by atoms with van der Waals surface area (Å²) < 4.78 is 28.8. The van der Waals surface area contributed by atoms with E-state index < -0.39 is 17.5 Å². The molecule has 11 heteroatoms. The van der Waals surface area contributed by atoms with Crippen LogP contribution in [0.3, 0.4) is 0 Å². The van der Waals surface area contributed by atoms with E-state index in [1.807, 2.05) is 75.6 Å². The second-order valence-electron chi connectivity index (χ2n) is 11.9. The summed E-state index contributed by atoms with van der Waals surface area (Å²) in [6.07, 6.45) is 5.55. The Kier molecular flexibility index (Phi) is 8.77. The van der Waals surface area contributed by atoms with E-state index in [1.165, 1.54) is 18.5 Å².